The summed E-state index contributed by atoms with van der Waals surface area (Å²) in [6.45, 7) is 5.76. The second kappa shape index (κ2) is 5.56. The van der Waals surface area contributed by atoms with Crippen LogP contribution >= 0.6 is 15.9 Å². The summed E-state index contributed by atoms with van der Waals surface area (Å²) in [5.74, 6) is -0.386. The Balaban J connectivity index is 2.08. The standard InChI is InChI=1S/C15H19BrN2O2/c1-9(2)17-13(19)15(6-7-15)14(20)18-11-5-4-10(3)12(16)8-11/h4-5,8-9H,6-7H2,1-3H3,(H,17,19)(H,18,20). The smallest absolute Gasteiger partial charge is 0.240 e. The first-order valence-electron chi connectivity index (χ1n) is 6.74. The maximum atomic E-state index is 12.3. The summed E-state index contributed by atoms with van der Waals surface area (Å²) in [6.07, 6.45) is 1.23. The Morgan fingerprint density at radius 3 is 2.40 bits per heavy atom. The van der Waals surface area contributed by atoms with E-state index < -0.39 is 5.41 Å². The molecule has 2 N–H and O–H groups in total. The first-order chi connectivity index (χ1) is 9.35. The first kappa shape index (κ1) is 15.0. The Kier molecular flexibility index (Phi) is 4.18. The van der Waals surface area contributed by atoms with E-state index in [9.17, 15) is 9.59 Å². The summed E-state index contributed by atoms with van der Waals surface area (Å²) >= 11 is 3.43. The summed E-state index contributed by atoms with van der Waals surface area (Å²) in [6, 6.07) is 5.66. The molecule has 108 valence electrons. The van der Waals surface area contributed by atoms with Crippen molar-refractivity contribution in [3.8, 4) is 0 Å². The Hall–Kier alpha value is -1.36. The number of halogens is 1. The highest BCUT2D eigenvalue weighted by Crippen LogP contribution is 2.47. The third kappa shape index (κ3) is 3.03. The van der Waals surface area contributed by atoms with Gasteiger partial charge in [-0.2, -0.15) is 0 Å². The molecule has 0 bridgehead atoms. The van der Waals surface area contributed by atoms with Crippen molar-refractivity contribution in [1.82, 2.24) is 5.32 Å². The number of hydrogen-bond acceptors (Lipinski definition) is 2. The maximum absolute atomic E-state index is 12.3. The summed E-state index contributed by atoms with van der Waals surface area (Å²) in [5, 5.41) is 5.66. The van der Waals surface area contributed by atoms with Gasteiger partial charge in [-0.05, 0) is 51.3 Å². The van der Waals surface area contributed by atoms with Crippen molar-refractivity contribution < 1.29 is 9.59 Å². The van der Waals surface area contributed by atoms with Crippen LogP contribution in [0.5, 0.6) is 0 Å². The minimum Gasteiger partial charge on any atom is -0.353 e. The first-order valence-corrected chi connectivity index (χ1v) is 7.53. The van der Waals surface area contributed by atoms with Gasteiger partial charge in [0, 0.05) is 16.2 Å². The lowest BCUT2D eigenvalue weighted by molar-refractivity contribution is -0.134. The monoisotopic (exact) mass is 338 g/mol. The molecule has 0 unspecified atom stereocenters. The number of carbonyl (C=O) groups is 2. The topological polar surface area (TPSA) is 58.2 Å². The molecule has 0 atom stereocenters. The van der Waals surface area contributed by atoms with Crippen LogP contribution < -0.4 is 10.6 Å². The largest absolute Gasteiger partial charge is 0.353 e. The van der Waals surface area contributed by atoms with E-state index in [1.54, 1.807) is 0 Å². The van der Waals surface area contributed by atoms with Crippen LogP contribution in [0.2, 0.25) is 0 Å². The number of nitrogens with one attached hydrogen (secondary N) is 2. The Bertz CT molecular complexity index is 551. The minimum absolute atomic E-state index is 0.0429. The normalized spacial score (nSPS) is 15.8. The van der Waals surface area contributed by atoms with Crippen molar-refractivity contribution in [3.05, 3.63) is 28.2 Å². The molecule has 1 aromatic rings. The van der Waals surface area contributed by atoms with Crippen LogP contribution in [-0.4, -0.2) is 17.9 Å². The fourth-order valence-electron chi connectivity index (χ4n) is 2.00. The Morgan fingerprint density at radius 1 is 1.25 bits per heavy atom. The molecule has 1 aliphatic carbocycles. The van der Waals surface area contributed by atoms with Gasteiger partial charge in [0.05, 0.1) is 0 Å². The molecule has 1 saturated carbocycles. The zero-order valence-corrected chi connectivity index (χ0v) is 13.5. The van der Waals surface area contributed by atoms with Crippen molar-refractivity contribution >= 4 is 33.4 Å². The van der Waals surface area contributed by atoms with Gasteiger partial charge in [-0.25, -0.2) is 0 Å². The van der Waals surface area contributed by atoms with Crippen molar-refractivity contribution in [2.45, 2.75) is 39.7 Å². The quantitative estimate of drug-likeness (QED) is 0.829. The number of anilines is 1. The molecule has 5 heteroatoms. The van der Waals surface area contributed by atoms with Crippen LogP contribution in [0.1, 0.15) is 32.3 Å². The third-order valence-corrected chi connectivity index (χ3v) is 4.32. The highest BCUT2D eigenvalue weighted by molar-refractivity contribution is 9.10. The predicted molar refractivity (Wildman–Crippen MR) is 82.5 cm³/mol. The van der Waals surface area contributed by atoms with E-state index in [4.69, 9.17) is 0 Å². The second-order valence-electron chi connectivity index (χ2n) is 5.63. The zero-order chi connectivity index (χ0) is 14.9. The molecule has 0 saturated heterocycles. The van der Waals surface area contributed by atoms with Crippen LogP contribution in [0.4, 0.5) is 5.69 Å². The molecule has 0 spiro atoms. The second-order valence-corrected chi connectivity index (χ2v) is 6.48. The fraction of sp³-hybridized carbons (Fsp3) is 0.467. The molecule has 1 aromatic carbocycles. The van der Waals surface area contributed by atoms with Crippen molar-refractivity contribution in [2.75, 3.05) is 5.32 Å². The molecule has 2 rings (SSSR count). The molecule has 20 heavy (non-hydrogen) atoms. The molecule has 0 heterocycles. The molecule has 2 amide bonds. The molecule has 1 fully saturated rings. The van der Waals surface area contributed by atoms with E-state index in [-0.39, 0.29) is 17.9 Å². The van der Waals surface area contributed by atoms with Crippen molar-refractivity contribution in [1.29, 1.82) is 0 Å². The lowest BCUT2D eigenvalue weighted by atomic mass is 10.0. The maximum Gasteiger partial charge on any atom is 0.240 e. The van der Waals surface area contributed by atoms with E-state index >= 15 is 0 Å². The summed E-state index contributed by atoms with van der Waals surface area (Å²) < 4.78 is 0.937. The van der Waals surface area contributed by atoms with Crippen LogP contribution in [0.3, 0.4) is 0 Å². The highest BCUT2D eigenvalue weighted by Gasteiger charge is 2.56. The fourth-order valence-corrected chi connectivity index (χ4v) is 2.38. The number of aryl methyl sites for hydroxylation is 1. The van der Waals surface area contributed by atoms with Crippen molar-refractivity contribution in [2.24, 2.45) is 5.41 Å². The van der Waals surface area contributed by atoms with Gasteiger partial charge in [0.2, 0.25) is 11.8 Å². The Labute approximate surface area is 127 Å². The summed E-state index contributed by atoms with van der Waals surface area (Å²) in [4.78, 5) is 24.4. The Morgan fingerprint density at radius 2 is 1.90 bits per heavy atom. The van der Waals surface area contributed by atoms with Crippen molar-refractivity contribution in [3.63, 3.8) is 0 Å². The number of benzene rings is 1. The molecule has 0 radical (unpaired) electrons. The molecule has 1 aliphatic rings. The molecular weight excluding hydrogens is 320 g/mol. The molecular formula is C15H19BrN2O2. The SMILES string of the molecule is Cc1ccc(NC(=O)C2(C(=O)NC(C)C)CC2)cc1Br. The summed E-state index contributed by atoms with van der Waals surface area (Å²) in [5.41, 5.74) is 0.930. The average molecular weight is 339 g/mol. The van der Waals surface area contributed by atoms with Gasteiger partial charge in [-0.3, -0.25) is 9.59 Å². The van der Waals surface area contributed by atoms with E-state index in [0.29, 0.717) is 18.5 Å². The van der Waals surface area contributed by atoms with Crippen LogP contribution in [0.15, 0.2) is 22.7 Å². The predicted octanol–water partition coefficient (Wildman–Crippen LogP) is 3.00. The van der Waals surface area contributed by atoms with Gasteiger partial charge >= 0.3 is 0 Å². The van der Waals surface area contributed by atoms with E-state index in [1.165, 1.54) is 0 Å². The lowest BCUT2D eigenvalue weighted by Gasteiger charge is -2.17. The molecule has 0 aromatic heterocycles. The number of carbonyl (C=O) groups excluding carboxylic acids is 2. The number of amides is 2. The lowest BCUT2D eigenvalue weighted by Crippen LogP contribution is -2.42. The van der Waals surface area contributed by atoms with Crippen LogP contribution in [0, 0.1) is 12.3 Å². The van der Waals surface area contributed by atoms with Gasteiger partial charge in [-0.15, -0.1) is 0 Å². The third-order valence-electron chi connectivity index (χ3n) is 3.47. The molecule has 0 aliphatic heterocycles. The van der Waals surface area contributed by atoms with Gasteiger partial charge in [-0.1, -0.05) is 22.0 Å². The zero-order valence-electron chi connectivity index (χ0n) is 11.9. The van der Waals surface area contributed by atoms with E-state index in [1.807, 2.05) is 39.0 Å². The van der Waals surface area contributed by atoms with Crippen LogP contribution in [0.25, 0.3) is 0 Å². The number of rotatable bonds is 4. The van der Waals surface area contributed by atoms with Gasteiger partial charge in [0.15, 0.2) is 0 Å². The highest BCUT2D eigenvalue weighted by atomic mass is 79.9. The summed E-state index contributed by atoms with van der Waals surface area (Å²) in [7, 11) is 0. The van der Waals surface area contributed by atoms with Gasteiger partial charge < -0.3 is 10.6 Å². The minimum atomic E-state index is -0.873. The van der Waals surface area contributed by atoms with Gasteiger partial charge in [0.1, 0.15) is 5.41 Å². The van der Waals surface area contributed by atoms with E-state index in [2.05, 4.69) is 26.6 Å². The van der Waals surface area contributed by atoms with Crippen LogP contribution in [-0.2, 0) is 9.59 Å². The molecule has 4 nitrogen and oxygen atoms in total. The average Bonchev–Trinajstić information content (AvgIpc) is 3.14. The van der Waals surface area contributed by atoms with Gasteiger partial charge in [0.25, 0.3) is 0 Å². The number of hydrogen-bond donors (Lipinski definition) is 2. The van der Waals surface area contributed by atoms with E-state index in [0.717, 1.165) is 10.0 Å².